The van der Waals surface area contributed by atoms with Gasteiger partial charge >= 0.3 is 0 Å². The van der Waals surface area contributed by atoms with E-state index in [4.69, 9.17) is 4.74 Å². The van der Waals surface area contributed by atoms with Gasteiger partial charge in [-0.2, -0.15) is 9.40 Å². The fourth-order valence-corrected chi connectivity index (χ4v) is 4.84. The molecule has 0 unspecified atom stereocenters. The predicted molar refractivity (Wildman–Crippen MR) is 111 cm³/mol. The monoisotopic (exact) mass is 447 g/mol. The van der Waals surface area contributed by atoms with E-state index >= 15 is 0 Å². The summed E-state index contributed by atoms with van der Waals surface area (Å²) in [5.74, 6) is -0.422. The number of amides is 2. The zero-order valence-electron chi connectivity index (χ0n) is 17.0. The van der Waals surface area contributed by atoms with Crippen molar-refractivity contribution in [2.75, 3.05) is 26.3 Å². The number of benzene rings is 1. The van der Waals surface area contributed by atoms with Gasteiger partial charge in [0.2, 0.25) is 15.9 Å². The van der Waals surface area contributed by atoms with Gasteiger partial charge in [-0.05, 0) is 43.0 Å². The molecule has 2 heterocycles. The summed E-state index contributed by atoms with van der Waals surface area (Å²) in [6.07, 6.45) is 2.61. The number of morpholine rings is 1. The van der Waals surface area contributed by atoms with Gasteiger partial charge in [0.25, 0.3) is 5.91 Å². The van der Waals surface area contributed by atoms with Crippen LogP contribution in [0.5, 0.6) is 0 Å². The average Bonchev–Trinajstić information content (AvgIpc) is 3.53. The van der Waals surface area contributed by atoms with Crippen molar-refractivity contribution >= 4 is 21.8 Å². The summed E-state index contributed by atoms with van der Waals surface area (Å²) >= 11 is 0. The molecule has 1 aliphatic carbocycles. The van der Waals surface area contributed by atoms with Crippen LogP contribution in [-0.2, 0) is 26.0 Å². The summed E-state index contributed by atoms with van der Waals surface area (Å²) in [4.78, 5) is 24.4. The quantitative estimate of drug-likeness (QED) is 0.535. The van der Waals surface area contributed by atoms with Crippen molar-refractivity contribution in [3.05, 3.63) is 47.3 Å². The third kappa shape index (κ3) is 5.30. The van der Waals surface area contributed by atoms with Crippen molar-refractivity contribution in [2.45, 2.75) is 36.5 Å². The zero-order valence-corrected chi connectivity index (χ0v) is 17.8. The van der Waals surface area contributed by atoms with Crippen molar-refractivity contribution in [2.24, 2.45) is 0 Å². The second-order valence-electron chi connectivity index (χ2n) is 7.65. The molecule has 31 heavy (non-hydrogen) atoms. The standard InChI is InChI=1S/C20H25N5O5S/c26-19(23-24-20(27)18-13-17(21-22-18)15-5-6-15)7-4-14-2-1-3-16(12-14)31(28,29)25-8-10-30-11-9-25/h1-3,12-13,15H,4-11H2,(H,21,22)(H,23,26)(H,24,27). The summed E-state index contributed by atoms with van der Waals surface area (Å²) in [6, 6.07) is 8.26. The van der Waals surface area contributed by atoms with Gasteiger partial charge in [0, 0.05) is 31.1 Å². The highest BCUT2D eigenvalue weighted by Gasteiger charge is 2.27. The molecule has 2 aliphatic rings. The molecule has 166 valence electrons. The normalized spacial score (nSPS) is 17.3. The Labute approximate surface area is 180 Å². The highest BCUT2D eigenvalue weighted by atomic mass is 32.2. The number of carbonyl (C=O) groups excluding carboxylic acids is 2. The van der Waals surface area contributed by atoms with Crippen LogP contribution in [0, 0.1) is 0 Å². The number of sulfonamides is 1. The summed E-state index contributed by atoms with van der Waals surface area (Å²) in [5, 5.41) is 6.80. The first kappa shape index (κ1) is 21.5. The fraction of sp³-hybridized carbons (Fsp3) is 0.450. The van der Waals surface area contributed by atoms with Crippen molar-refractivity contribution in [3.63, 3.8) is 0 Å². The Hall–Kier alpha value is -2.76. The van der Waals surface area contributed by atoms with E-state index in [-0.39, 0.29) is 22.9 Å². The third-order valence-electron chi connectivity index (χ3n) is 5.31. The number of H-pyrrole nitrogens is 1. The molecule has 4 rings (SSSR count). The molecule has 0 atom stereocenters. The number of hydrogen-bond donors (Lipinski definition) is 3. The predicted octanol–water partition coefficient (Wildman–Crippen LogP) is 0.702. The molecule has 0 spiro atoms. The van der Waals surface area contributed by atoms with Gasteiger partial charge in [0.15, 0.2) is 5.69 Å². The van der Waals surface area contributed by atoms with Crippen LogP contribution in [0.2, 0.25) is 0 Å². The zero-order chi connectivity index (χ0) is 21.8. The van der Waals surface area contributed by atoms with Gasteiger partial charge in [-0.15, -0.1) is 0 Å². The number of carbonyl (C=O) groups is 2. The van der Waals surface area contributed by atoms with Crippen molar-refractivity contribution < 1.29 is 22.7 Å². The lowest BCUT2D eigenvalue weighted by molar-refractivity contribution is -0.121. The lowest BCUT2D eigenvalue weighted by Gasteiger charge is -2.26. The van der Waals surface area contributed by atoms with Crippen molar-refractivity contribution in [1.82, 2.24) is 25.4 Å². The number of aromatic amines is 1. The molecule has 2 fully saturated rings. The first-order valence-electron chi connectivity index (χ1n) is 10.2. The Kier molecular flexibility index (Phi) is 6.35. The van der Waals surface area contributed by atoms with Gasteiger partial charge in [-0.1, -0.05) is 12.1 Å². The smallest absolute Gasteiger partial charge is 0.290 e. The van der Waals surface area contributed by atoms with E-state index in [0.717, 1.165) is 24.1 Å². The molecule has 1 aromatic carbocycles. The Bertz CT molecular complexity index is 1060. The summed E-state index contributed by atoms with van der Waals surface area (Å²) in [7, 11) is -3.59. The molecule has 11 heteroatoms. The topological polar surface area (TPSA) is 133 Å². The molecule has 1 aliphatic heterocycles. The Morgan fingerprint density at radius 3 is 2.68 bits per heavy atom. The molecule has 3 N–H and O–H groups in total. The van der Waals surface area contributed by atoms with Gasteiger partial charge in [-0.25, -0.2) is 8.42 Å². The fourth-order valence-electron chi connectivity index (χ4n) is 3.36. The van der Waals surface area contributed by atoms with Crippen LogP contribution in [0.25, 0.3) is 0 Å². The molecular formula is C20H25N5O5S. The molecule has 1 saturated heterocycles. The van der Waals surface area contributed by atoms with Crippen LogP contribution in [-0.4, -0.2) is 61.0 Å². The summed E-state index contributed by atoms with van der Waals surface area (Å²) < 4.78 is 32.2. The molecule has 1 aromatic heterocycles. The minimum atomic E-state index is -3.59. The lowest BCUT2D eigenvalue weighted by atomic mass is 10.1. The van der Waals surface area contributed by atoms with Crippen LogP contribution >= 0.6 is 0 Å². The number of ether oxygens (including phenoxy) is 1. The van der Waals surface area contributed by atoms with Crippen molar-refractivity contribution in [1.29, 1.82) is 0 Å². The van der Waals surface area contributed by atoms with Crippen LogP contribution in [0.3, 0.4) is 0 Å². The van der Waals surface area contributed by atoms with E-state index in [2.05, 4.69) is 21.0 Å². The maximum atomic E-state index is 12.8. The van der Waals surface area contributed by atoms with Crippen LogP contribution in [0.4, 0.5) is 0 Å². The molecule has 0 bridgehead atoms. The Morgan fingerprint density at radius 2 is 1.94 bits per heavy atom. The van der Waals surface area contributed by atoms with Gasteiger partial charge < -0.3 is 4.74 Å². The van der Waals surface area contributed by atoms with Crippen molar-refractivity contribution in [3.8, 4) is 0 Å². The summed E-state index contributed by atoms with van der Waals surface area (Å²) in [6.45, 7) is 1.41. The van der Waals surface area contributed by atoms with Gasteiger partial charge in [-0.3, -0.25) is 25.5 Å². The molecule has 0 radical (unpaired) electrons. The second-order valence-corrected chi connectivity index (χ2v) is 9.59. The molecular weight excluding hydrogens is 422 g/mol. The van der Waals surface area contributed by atoms with Gasteiger partial charge in [0.05, 0.1) is 18.1 Å². The molecule has 10 nitrogen and oxygen atoms in total. The molecule has 2 amide bonds. The molecule has 1 saturated carbocycles. The van der Waals surface area contributed by atoms with E-state index in [9.17, 15) is 18.0 Å². The highest BCUT2D eigenvalue weighted by Crippen LogP contribution is 2.38. The first-order chi connectivity index (χ1) is 14.9. The number of hydrazine groups is 1. The van der Waals surface area contributed by atoms with Crippen LogP contribution < -0.4 is 10.9 Å². The third-order valence-corrected chi connectivity index (χ3v) is 7.20. The SMILES string of the molecule is O=C(CCc1cccc(S(=O)(=O)N2CCOCC2)c1)NNC(=O)c1cc(C2CC2)[nH]n1. The average molecular weight is 448 g/mol. The number of aryl methyl sites for hydroxylation is 1. The van der Waals surface area contributed by atoms with E-state index in [1.807, 2.05) is 0 Å². The molecule has 2 aromatic rings. The van der Waals surface area contributed by atoms with E-state index in [1.54, 1.807) is 30.3 Å². The summed E-state index contributed by atoms with van der Waals surface area (Å²) in [5.41, 5.74) is 6.60. The minimum Gasteiger partial charge on any atom is -0.379 e. The maximum Gasteiger partial charge on any atom is 0.290 e. The van der Waals surface area contributed by atoms with E-state index in [0.29, 0.717) is 38.6 Å². The lowest BCUT2D eigenvalue weighted by Crippen LogP contribution is -2.41. The maximum absolute atomic E-state index is 12.8. The number of nitrogens with one attached hydrogen (secondary N) is 3. The van der Waals surface area contributed by atoms with E-state index in [1.165, 1.54) is 4.31 Å². The van der Waals surface area contributed by atoms with Crippen LogP contribution in [0.1, 0.15) is 46.9 Å². The first-order valence-corrected chi connectivity index (χ1v) is 11.7. The number of nitrogens with zero attached hydrogens (tertiary/aromatic N) is 2. The number of aromatic nitrogens is 2. The highest BCUT2D eigenvalue weighted by molar-refractivity contribution is 7.89. The minimum absolute atomic E-state index is 0.0925. The van der Waals surface area contributed by atoms with Gasteiger partial charge in [0.1, 0.15) is 0 Å². The number of hydrogen-bond acceptors (Lipinski definition) is 6. The number of rotatable bonds is 7. The second kappa shape index (κ2) is 9.16. The Balaban J connectivity index is 1.28. The Morgan fingerprint density at radius 1 is 1.16 bits per heavy atom. The largest absolute Gasteiger partial charge is 0.379 e. The van der Waals surface area contributed by atoms with Crippen LogP contribution in [0.15, 0.2) is 35.2 Å². The van der Waals surface area contributed by atoms with E-state index < -0.39 is 15.9 Å².